The molecule has 104 valence electrons. The lowest BCUT2D eigenvalue weighted by Crippen LogP contribution is -2.35. The van der Waals surface area contributed by atoms with E-state index in [1.807, 2.05) is 0 Å². The first-order valence-electron chi connectivity index (χ1n) is 5.79. The van der Waals surface area contributed by atoms with Crippen molar-refractivity contribution in [3.63, 3.8) is 0 Å². The zero-order valence-corrected chi connectivity index (χ0v) is 11.4. The van der Waals surface area contributed by atoms with Crippen LogP contribution in [0.3, 0.4) is 0 Å². The van der Waals surface area contributed by atoms with Gasteiger partial charge in [0.2, 0.25) is 0 Å². The van der Waals surface area contributed by atoms with Crippen LogP contribution in [0.15, 0.2) is 18.2 Å². The number of nitrogens with one attached hydrogen (secondary N) is 1. The Morgan fingerprint density at radius 1 is 1.42 bits per heavy atom. The van der Waals surface area contributed by atoms with Crippen LogP contribution in [0.2, 0.25) is 5.02 Å². The van der Waals surface area contributed by atoms with Crippen molar-refractivity contribution in [1.82, 2.24) is 5.32 Å². The molecule has 0 heterocycles. The van der Waals surface area contributed by atoms with Crippen molar-refractivity contribution in [1.29, 1.82) is 0 Å². The van der Waals surface area contributed by atoms with Crippen LogP contribution in [-0.2, 0) is 4.79 Å². The van der Waals surface area contributed by atoms with E-state index in [0.29, 0.717) is 0 Å². The molecule has 0 aliphatic carbocycles. The smallest absolute Gasteiger partial charge is 0.308 e. The number of benzene rings is 1. The maximum atomic E-state index is 12.9. The molecule has 6 heteroatoms. The SMILES string of the molecule is CC(C)C(CNC(=O)c1ccc(F)c(Cl)c1)C(=O)O. The number of carboxylic acids is 1. The number of amides is 1. The molecule has 0 fully saturated rings. The lowest BCUT2D eigenvalue weighted by Gasteiger charge is -2.16. The first-order valence-corrected chi connectivity index (χ1v) is 6.16. The minimum atomic E-state index is -0.965. The molecule has 0 aliphatic heterocycles. The summed E-state index contributed by atoms with van der Waals surface area (Å²) in [6, 6.07) is 3.59. The second-order valence-electron chi connectivity index (χ2n) is 4.53. The number of hydrogen-bond donors (Lipinski definition) is 2. The summed E-state index contributed by atoms with van der Waals surface area (Å²) in [5, 5.41) is 11.3. The van der Waals surface area contributed by atoms with Gasteiger partial charge in [-0.15, -0.1) is 0 Å². The van der Waals surface area contributed by atoms with Crippen LogP contribution in [0, 0.1) is 17.7 Å². The summed E-state index contributed by atoms with van der Waals surface area (Å²) in [7, 11) is 0. The summed E-state index contributed by atoms with van der Waals surface area (Å²) in [5.41, 5.74) is 0.194. The molecule has 4 nitrogen and oxygen atoms in total. The lowest BCUT2D eigenvalue weighted by atomic mass is 9.96. The molecule has 0 radical (unpaired) electrons. The zero-order valence-electron chi connectivity index (χ0n) is 10.6. The van der Waals surface area contributed by atoms with Gasteiger partial charge in [-0.1, -0.05) is 25.4 Å². The normalized spacial score (nSPS) is 12.3. The van der Waals surface area contributed by atoms with Crippen LogP contribution in [0.4, 0.5) is 4.39 Å². The average molecular weight is 288 g/mol. The highest BCUT2D eigenvalue weighted by atomic mass is 35.5. The van der Waals surface area contributed by atoms with Gasteiger partial charge in [-0.05, 0) is 24.1 Å². The molecule has 1 unspecified atom stereocenters. The van der Waals surface area contributed by atoms with Crippen molar-refractivity contribution in [3.8, 4) is 0 Å². The first kappa shape index (κ1) is 15.4. The van der Waals surface area contributed by atoms with Crippen LogP contribution in [0.5, 0.6) is 0 Å². The largest absolute Gasteiger partial charge is 0.481 e. The van der Waals surface area contributed by atoms with E-state index >= 15 is 0 Å². The molecule has 0 bridgehead atoms. The van der Waals surface area contributed by atoms with Crippen molar-refractivity contribution in [3.05, 3.63) is 34.6 Å². The Bertz CT molecular complexity index is 491. The van der Waals surface area contributed by atoms with Gasteiger partial charge in [0.1, 0.15) is 5.82 Å². The average Bonchev–Trinajstić information content (AvgIpc) is 2.31. The Balaban J connectivity index is 2.69. The molecule has 1 rings (SSSR count). The number of aliphatic carboxylic acids is 1. The van der Waals surface area contributed by atoms with Crippen molar-refractivity contribution < 1.29 is 19.1 Å². The van der Waals surface area contributed by atoms with Gasteiger partial charge in [-0.3, -0.25) is 9.59 Å². The molecular weight excluding hydrogens is 273 g/mol. The van der Waals surface area contributed by atoms with E-state index in [1.165, 1.54) is 12.1 Å². The fourth-order valence-corrected chi connectivity index (χ4v) is 1.73. The molecule has 1 atom stereocenters. The van der Waals surface area contributed by atoms with Crippen LogP contribution in [-0.4, -0.2) is 23.5 Å². The molecule has 19 heavy (non-hydrogen) atoms. The number of carbonyl (C=O) groups is 2. The quantitative estimate of drug-likeness (QED) is 0.875. The lowest BCUT2D eigenvalue weighted by molar-refractivity contribution is -0.142. The maximum Gasteiger partial charge on any atom is 0.308 e. The Morgan fingerprint density at radius 2 is 2.05 bits per heavy atom. The fourth-order valence-electron chi connectivity index (χ4n) is 1.55. The van der Waals surface area contributed by atoms with Gasteiger partial charge in [0.15, 0.2) is 0 Å². The Kier molecular flexibility index (Phi) is 5.30. The van der Waals surface area contributed by atoms with Gasteiger partial charge >= 0.3 is 5.97 Å². The van der Waals surface area contributed by atoms with Gasteiger partial charge in [0.25, 0.3) is 5.91 Å². The van der Waals surface area contributed by atoms with Gasteiger partial charge in [-0.25, -0.2) is 4.39 Å². The second-order valence-corrected chi connectivity index (χ2v) is 4.93. The molecule has 0 aliphatic rings. The van der Waals surface area contributed by atoms with E-state index in [9.17, 15) is 14.0 Å². The standard InChI is InChI=1S/C13H15ClFNO3/c1-7(2)9(13(18)19)6-16-12(17)8-3-4-11(15)10(14)5-8/h3-5,7,9H,6H2,1-2H3,(H,16,17)(H,18,19). The van der Waals surface area contributed by atoms with Crippen molar-refractivity contribution in [2.75, 3.05) is 6.54 Å². The van der Waals surface area contributed by atoms with Gasteiger partial charge in [0, 0.05) is 12.1 Å². The maximum absolute atomic E-state index is 12.9. The minimum Gasteiger partial charge on any atom is -0.481 e. The Labute approximate surface area is 115 Å². The minimum absolute atomic E-state index is 0.0147. The molecule has 0 spiro atoms. The number of carboxylic acid groups (broad SMARTS) is 1. The van der Waals surface area contributed by atoms with Crippen LogP contribution < -0.4 is 5.32 Å². The molecular formula is C13H15ClFNO3. The summed E-state index contributed by atoms with van der Waals surface area (Å²) in [6.07, 6.45) is 0. The monoisotopic (exact) mass is 287 g/mol. The van der Waals surface area contributed by atoms with Gasteiger partial charge < -0.3 is 10.4 Å². The summed E-state index contributed by atoms with van der Waals surface area (Å²) in [5.74, 6) is -2.82. The third-order valence-corrected chi connectivity index (χ3v) is 3.08. The van der Waals surface area contributed by atoms with E-state index in [0.717, 1.165) is 6.07 Å². The van der Waals surface area contributed by atoms with Crippen LogP contribution in [0.1, 0.15) is 24.2 Å². The Hall–Kier alpha value is -1.62. The fraction of sp³-hybridized carbons (Fsp3) is 0.385. The van der Waals surface area contributed by atoms with E-state index in [4.69, 9.17) is 16.7 Å². The van der Waals surface area contributed by atoms with E-state index in [2.05, 4.69) is 5.32 Å². The van der Waals surface area contributed by atoms with Crippen molar-refractivity contribution >= 4 is 23.5 Å². The van der Waals surface area contributed by atoms with Crippen molar-refractivity contribution in [2.24, 2.45) is 11.8 Å². The number of halogens is 2. The van der Waals surface area contributed by atoms with Gasteiger partial charge in [-0.2, -0.15) is 0 Å². The highest BCUT2D eigenvalue weighted by Gasteiger charge is 2.22. The number of rotatable bonds is 5. The first-order chi connectivity index (χ1) is 8.82. The highest BCUT2D eigenvalue weighted by molar-refractivity contribution is 6.31. The van der Waals surface area contributed by atoms with Crippen molar-refractivity contribution in [2.45, 2.75) is 13.8 Å². The summed E-state index contributed by atoms with van der Waals surface area (Å²) in [4.78, 5) is 22.7. The predicted molar refractivity (Wildman–Crippen MR) is 69.7 cm³/mol. The summed E-state index contributed by atoms with van der Waals surface area (Å²) < 4.78 is 12.9. The number of carbonyl (C=O) groups excluding carboxylic acids is 1. The second kappa shape index (κ2) is 6.52. The third-order valence-electron chi connectivity index (χ3n) is 2.79. The van der Waals surface area contributed by atoms with Crippen LogP contribution >= 0.6 is 11.6 Å². The van der Waals surface area contributed by atoms with E-state index in [1.54, 1.807) is 13.8 Å². The molecule has 0 saturated carbocycles. The number of hydrogen-bond acceptors (Lipinski definition) is 2. The molecule has 2 N–H and O–H groups in total. The molecule has 1 aromatic carbocycles. The van der Waals surface area contributed by atoms with Crippen LogP contribution in [0.25, 0.3) is 0 Å². The topological polar surface area (TPSA) is 66.4 Å². The molecule has 1 amide bonds. The van der Waals surface area contributed by atoms with E-state index < -0.39 is 23.6 Å². The Morgan fingerprint density at radius 3 is 2.53 bits per heavy atom. The molecule has 0 saturated heterocycles. The predicted octanol–water partition coefficient (Wildman–Crippen LogP) is 2.57. The zero-order chi connectivity index (χ0) is 14.6. The van der Waals surface area contributed by atoms with Gasteiger partial charge in [0.05, 0.1) is 10.9 Å². The molecule has 0 aromatic heterocycles. The highest BCUT2D eigenvalue weighted by Crippen LogP contribution is 2.16. The summed E-state index contributed by atoms with van der Waals surface area (Å²) in [6.45, 7) is 3.54. The summed E-state index contributed by atoms with van der Waals surface area (Å²) >= 11 is 5.57. The molecule has 1 aromatic rings. The van der Waals surface area contributed by atoms with E-state index in [-0.39, 0.29) is 23.0 Å². The third kappa shape index (κ3) is 4.21.